The van der Waals surface area contributed by atoms with Crippen LogP contribution < -0.4 is 0 Å². The Morgan fingerprint density at radius 1 is 1.29 bits per heavy atom. The lowest BCUT2D eigenvalue weighted by Crippen LogP contribution is -2.45. The van der Waals surface area contributed by atoms with Gasteiger partial charge in [0.2, 0.25) is 17.7 Å². The Balaban J connectivity index is 1.57. The molecule has 2 aromatic rings. The van der Waals surface area contributed by atoms with Gasteiger partial charge < -0.3 is 19.0 Å². The molecular formula is C17H19N3O4. The summed E-state index contributed by atoms with van der Waals surface area (Å²) in [7, 11) is 1.59. The Labute approximate surface area is 139 Å². The van der Waals surface area contributed by atoms with Gasteiger partial charge in [0.05, 0.1) is 19.8 Å². The normalized spacial score (nSPS) is 15.1. The Bertz CT molecular complexity index is 729. The van der Waals surface area contributed by atoms with E-state index in [0.29, 0.717) is 37.8 Å². The molecule has 0 bridgehead atoms. The van der Waals surface area contributed by atoms with Crippen LogP contribution >= 0.6 is 0 Å². The number of hydrogen-bond donors (Lipinski definition) is 0. The molecule has 1 aromatic carbocycles. The SMILES string of the molecule is CN(CC(=O)N1CCOCC1)C(=O)C=Cc1nc2ccccc2o1. The second kappa shape index (κ2) is 7.27. The number of morpholine rings is 1. The lowest BCUT2D eigenvalue weighted by molar-refractivity contribution is -0.140. The highest BCUT2D eigenvalue weighted by molar-refractivity contribution is 5.94. The molecule has 0 spiro atoms. The molecule has 1 aliphatic heterocycles. The van der Waals surface area contributed by atoms with Crippen LogP contribution in [0.3, 0.4) is 0 Å². The minimum absolute atomic E-state index is 0.0384. The van der Waals surface area contributed by atoms with Crippen LogP contribution in [0.4, 0.5) is 0 Å². The third-order valence-electron chi connectivity index (χ3n) is 3.79. The van der Waals surface area contributed by atoms with Gasteiger partial charge in [0.1, 0.15) is 5.52 Å². The molecular weight excluding hydrogens is 310 g/mol. The minimum Gasteiger partial charge on any atom is -0.437 e. The van der Waals surface area contributed by atoms with Gasteiger partial charge in [-0.05, 0) is 12.1 Å². The first-order valence-electron chi connectivity index (χ1n) is 7.78. The van der Waals surface area contributed by atoms with Crippen molar-refractivity contribution in [1.82, 2.24) is 14.8 Å². The Morgan fingerprint density at radius 2 is 2.04 bits per heavy atom. The summed E-state index contributed by atoms with van der Waals surface area (Å²) in [6.45, 7) is 2.26. The van der Waals surface area contributed by atoms with Crippen molar-refractivity contribution in [3.05, 3.63) is 36.2 Å². The number of ether oxygens (including phenoxy) is 1. The van der Waals surface area contributed by atoms with Crippen molar-refractivity contribution >= 4 is 29.0 Å². The predicted molar refractivity (Wildman–Crippen MR) is 88.1 cm³/mol. The maximum absolute atomic E-state index is 12.1. The molecule has 1 aromatic heterocycles. The number of hydrogen-bond acceptors (Lipinski definition) is 5. The fourth-order valence-corrected chi connectivity index (χ4v) is 2.42. The molecule has 0 saturated carbocycles. The van der Waals surface area contributed by atoms with Crippen LogP contribution in [0.25, 0.3) is 17.2 Å². The monoisotopic (exact) mass is 329 g/mol. The van der Waals surface area contributed by atoms with Crippen LogP contribution in [0.5, 0.6) is 0 Å². The summed E-state index contributed by atoms with van der Waals surface area (Å²) in [5, 5.41) is 0. The van der Waals surface area contributed by atoms with Crippen molar-refractivity contribution in [1.29, 1.82) is 0 Å². The number of aromatic nitrogens is 1. The Kier molecular flexibility index (Phi) is 4.90. The second-order valence-electron chi connectivity index (χ2n) is 5.54. The van der Waals surface area contributed by atoms with Crippen LogP contribution in [0.1, 0.15) is 5.89 Å². The van der Waals surface area contributed by atoms with E-state index in [1.165, 1.54) is 17.1 Å². The summed E-state index contributed by atoms with van der Waals surface area (Å²) in [5.74, 6) is 0.000679. The zero-order valence-electron chi connectivity index (χ0n) is 13.5. The van der Waals surface area contributed by atoms with Crippen molar-refractivity contribution in [3.8, 4) is 0 Å². The molecule has 0 radical (unpaired) electrons. The van der Waals surface area contributed by atoms with E-state index in [0.717, 1.165) is 5.52 Å². The van der Waals surface area contributed by atoms with Crippen LogP contribution in [0, 0.1) is 0 Å². The number of para-hydroxylation sites is 2. The number of oxazole rings is 1. The quantitative estimate of drug-likeness (QED) is 0.787. The highest BCUT2D eigenvalue weighted by Crippen LogP contribution is 2.15. The molecule has 2 amide bonds. The Hall–Kier alpha value is -2.67. The number of rotatable bonds is 4. The summed E-state index contributed by atoms with van der Waals surface area (Å²) in [5.41, 5.74) is 1.40. The summed E-state index contributed by atoms with van der Waals surface area (Å²) in [6, 6.07) is 7.38. The molecule has 7 nitrogen and oxygen atoms in total. The molecule has 3 rings (SSSR count). The third-order valence-corrected chi connectivity index (χ3v) is 3.79. The highest BCUT2D eigenvalue weighted by Gasteiger charge is 2.19. The number of likely N-dealkylation sites (N-methyl/N-ethyl adjacent to an activating group) is 1. The van der Waals surface area contributed by atoms with Gasteiger partial charge in [0.25, 0.3) is 0 Å². The summed E-state index contributed by atoms with van der Waals surface area (Å²) < 4.78 is 10.7. The molecule has 1 aliphatic rings. The van der Waals surface area contributed by atoms with Gasteiger partial charge in [-0.25, -0.2) is 4.98 Å². The highest BCUT2D eigenvalue weighted by atomic mass is 16.5. The smallest absolute Gasteiger partial charge is 0.246 e. The fraction of sp³-hybridized carbons (Fsp3) is 0.353. The fourth-order valence-electron chi connectivity index (χ4n) is 2.42. The van der Waals surface area contributed by atoms with Crippen LogP contribution in [0.15, 0.2) is 34.8 Å². The standard InChI is InChI=1S/C17H19N3O4/c1-19(12-17(22)20-8-10-23-11-9-20)16(21)7-6-15-18-13-4-2-3-5-14(13)24-15/h2-7H,8-12H2,1H3. The number of fused-ring (bicyclic) bond motifs is 1. The predicted octanol–water partition coefficient (Wildman–Crippen LogP) is 1.16. The van der Waals surface area contributed by atoms with Gasteiger partial charge >= 0.3 is 0 Å². The maximum Gasteiger partial charge on any atom is 0.246 e. The van der Waals surface area contributed by atoms with E-state index >= 15 is 0 Å². The molecule has 0 aliphatic carbocycles. The number of carbonyl (C=O) groups is 2. The molecule has 126 valence electrons. The van der Waals surface area contributed by atoms with Crippen molar-refractivity contribution in [2.45, 2.75) is 0 Å². The van der Waals surface area contributed by atoms with Crippen molar-refractivity contribution in [2.75, 3.05) is 39.9 Å². The van der Waals surface area contributed by atoms with E-state index in [-0.39, 0.29) is 18.4 Å². The van der Waals surface area contributed by atoms with Crippen LogP contribution in [0.2, 0.25) is 0 Å². The van der Waals surface area contributed by atoms with Gasteiger partial charge in [0.15, 0.2) is 5.58 Å². The van der Waals surface area contributed by atoms with E-state index in [2.05, 4.69) is 4.98 Å². The van der Waals surface area contributed by atoms with E-state index in [1.807, 2.05) is 24.3 Å². The van der Waals surface area contributed by atoms with Crippen molar-refractivity contribution in [2.24, 2.45) is 0 Å². The minimum atomic E-state index is -0.279. The summed E-state index contributed by atoms with van der Waals surface area (Å²) in [6.07, 6.45) is 2.87. The van der Waals surface area contributed by atoms with E-state index < -0.39 is 0 Å². The molecule has 24 heavy (non-hydrogen) atoms. The zero-order valence-corrected chi connectivity index (χ0v) is 13.5. The summed E-state index contributed by atoms with van der Waals surface area (Å²) >= 11 is 0. The third kappa shape index (κ3) is 3.80. The molecule has 1 fully saturated rings. The molecule has 0 atom stereocenters. The van der Waals surface area contributed by atoms with E-state index in [4.69, 9.17) is 9.15 Å². The van der Waals surface area contributed by atoms with Gasteiger partial charge in [-0.15, -0.1) is 0 Å². The first-order chi connectivity index (χ1) is 11.6. The average molecular weight is 329 g/mol. The van der Waals surface area contributed by atoms with Crippen LogP contribution in [-0.2, 0) is 14.3 Å². The maximum atomic E-state index is 12.1. The summed E-state index contributed by atoms with van der Waals surface area (Å²) in [4.78, 5) is 31.6. The van der Waals surface area contributed by atoms with Gasteiger partial charge in [-0.3, -0.25) is 9.59 Å². The number of carbonyl (C=O) groups excluding carboxylic acids is 2. The number of amides is 2. The van der Waals surface area contributed by atoms with Crippen LogP contribution in [-0.4, -0.2) is 66.5 Å². The zero-order chi connectivity index (χ0) is 16.9. The second-order valence-corrected chi connectivity index (χ2v) is 5.54. The molecule has 7 heteroatoms. The van der Waals surface area contributed by atoms with Crippen molar-refractivity contribution in [3.63, 3.8) is 0 Å². The first kappa shape index (κ1) is 16.2. The molecule has 1 saturated heterocycles. The lowest BCUT2D eigenvalue weighted by Gasteiger charge is -2.28. The first-order valence-corrected chi connectivity index (χ1v) is 7.78. The average Bonchev–Trinajstić information content (AvgIpc) is 3.03. The number of benzene rings is 1. The molecule has 2 heterocycles. The molecule has 0 unspecified atom stereocenters. The topological polar surface area (TPSA) is 75.9 Å². The van der Waals surface area contributed by atoms with E-state index in [1.54, 1.807) is 11.9 Å². The van der Waals surface area contributed by atoms with Crippen molar-refractivity contribution < 1.29 is 18.7 Å². The van der Waals surface area contributed by atoms with Gasteiger partial charge in [-0.2, -0.15) is 0 Å². The van der Waals surface area contributed by atoms with E-state index in [9.17, 15) is 9.59 Å². The number of nitrogens with zero attached hydrogens (tertiary/aromatic N) is 3. The Morgan fingerprint density at radius 3 is 2.79 bits per heavy atom. The van der Waals surface area contributed by atoms with Gasteiger partial charge in [-0.1, -0.05) is 12.1 Å². The largest absolute Gasteiger partial charge is 0.437 e. The van der Waals surface area contributed by atoms with Gasteiger partial charge in [0, 0.05) is 32.3 Å². The lowest BCUT2D eigenvalue weighted by atomic mass is 10.3. The molecule has 0 N–H and O–H groups in total.